The Morgan fingerprint density at radius 1 is 1.30 bits per heavy atom. The van der Waals surface area contributed by atoms with Gasteiger partial charge in [0.25, 0.3) is 11.5 Å². The smallest absolute Gasteiger partial charge is 0.287 e. The number of nitrogens with zero attached hydrogens (tertiary/aromatic N) is 2. The van der Waals surface area contributed by atoms with Gasteiger partial charge in [-0.15, -0.1) is 0 Å². The van der Waals surface area contributed by atoms with E-state index in [9.17, 15) is 9.59 Å². The van der Waals surface area contributed by atoms with Gasteiger partial charge in [0, 0.05) is 29.7 Å². The quantitative estimate of drug-likeness (QED) is 0.800. The van der Waals surface area contributed by atoms with Crippen LogP contribution in [0, 0.1) is 13.8 Å². The fourth-order valence-corrected chi connectivity index (χ4v) is 2.31. The van der Waals surface area contributed by atoms with Crippen molar-refractivity contribution in [3.8, 4) is 0 Å². The zero-order valence-corrected chi connectivity index (χ0v) is 13.0. The van der Waals surface area contributed by atoms with Crippen molar-refractivity contribution in [2.45, 2.75) is 20.4 Å². The highest BCUT2D eigenvalue weighted by atomic mass is 16.3. The molecule has 0 aliphatic heterocycles. The topological polar surface area (TPSA) is 77.1 Å². The number of para-hydroxylation sites is 1. The van der Waals surface area contributed by atoms with Gasteiger partial charge >= 0.3 is 0 Å². The number of carbonyl (C=O) groups is 1. The Balaban J connectivity index is 1.65. The van der Waals surface area contributed by atoms with Crippen LogP contribution in [0.25, 0.3) is 11.0 Å². The van der Waals surface area contributed by atoms with Gasteiger partial charge in [0.05, 0.1) is 6.33 Å². The minimum atomic E-state index is -0.300. The number of amides is 1. The maximum Gasteiger partial charge on any atom is 0.287 e. The van der Waals surface area contributed by atoms with Gasteiger partial charge in [-0.2, -0.15) is 0 Å². The lowest BCUT2D eigenvalue weighted by atomic mass is 10.2. The molecular formula is C17H17N3O3. The van der Waals surface area contributed by atoms with E-state index in [-0.39, 0.29) is 17.2 Å². The summed E-state index contributed by atoms with van der Waals surface area (Å²) in [6, 6.07) is 9.14. The number of furan rings is 1. The fourth-order valence-electron chi connectivity index (χ4n) is 2.31. The highest BCUT2D eigenvalue weighted by Gasteiger charge is 2.11. The zero-order chi connectivity index (χ0) is 16.4. The molecule has 0 saturated carbocycles. The number of hydrogen-bond donors (Lipinski definition) is 1. The van der Waals surface area contributed by atoms with E-state index in [1.54, 1.807) is 19.9 Å². The minimum absolute atomic E-state index is 0.0875. The first-order valence-corrected chi connectivity index (χ1v) is 7.35. The van der Waals surface area contributed by atoms with Crippen LogP contribution < -0.4 is 10.9 Å². The second kappa shape index (κ2) is 6.08. The second-order valence-corrected chi connectivity index (χ2v) is 5.36. The number of rotatable bonds is 4. The molecule has 6 heteroatoms. The summed E-state index contributed by atoms with van der Waals surface area (Å²) in [6.45, 7) is 4.22. The maximum atomic E-state index is 12.1. The van der Waals surface area contributed by atoms with Crippen molar-refractivity contribution in [2.75, 3.05) is 6.54 Å². The molecule has 3 rings (SSSR count). The Kier molecular flexibility index (Phi) is 3.97. The predicted molar refractivity (Wildman–Crippen MR) is 86.5 cm³/mol. The third kappa shape index (κ3) is 3.01. The molecule has 1 N–H and O–H groups in total. The van der Waals surface area contributed by atoms with E-state index < -0.39 is 0 Å². The van der Waals surface area contributed by atoms with Crippen molar-refractivity contribution in [3.05, 3.63) is 64.0 Å². The third-order valence-corrected chi connectivity index (χ3v) is 3.80. The van der Waals surface area contributed by atoms with Crippen LogP contribution in [0.4, 0.5) is 0 Å². The second-order valence-electron chi connectivity index (χ2n) is 5.36. The number of aromatic nitrogens is 2. The number of fused-ring (bicyclic) bond motifs is 1. The Labute approximate surface area is 132 Å². The molecule has 0 fully saturated rings. The van der Waals surface area contributed by atoms with Gasteiger partial charge in [-0.1, -0.05) is 18.2 Å². The van der Waals surface area contributed by atoms with Crippen LogP contribution in [0.1, 0.15) is 21.8 Å². The monoisotopic (exact) mass is 311 g/mol. The van der Waals surface area contributed by atoms with Crippen molar-refractivity contribution < 1.29 is 9.21 Å². The minimum Gasteiger partial charge on any atom is -0.451 e. The van der Waals surface area contributed by atoms with Crippen LogP contribution in [0.15, 0.2) is 45.9 Å². The average Bonchev–Trinajstić information content (AvgIpc) is 2.99. The lowest BCUT2D eigenvalue weighted by Gasteiger charge is -2.08. The summed E-state index contributed by atoms with van der Waals surface area (Å²) in [6.07, 6.45) is 1.50. The molecule has 0 atom stereocenters. The van der Waals surface area contributed by atoms with Gasteiger partial charge in [-0.25, -0.2) is 4.98 Å². The van der Waals surface area contributed by atoms with Gasteiger partial charge in [-0.05, 0) is 26.0 Å². The number of hydrogen-bond acceptors (Lipinski definition) is 4. The number of nitrogens with one attached hydrogen (secondary N) is 1. The highest BCUT2D eigenvalue weighted by Crippen LogP contribution is 2.18. The van der Waals surface area contributed by atoms with Gasteiger partial charge in [0.15, 0.2) is 5.76 Å². The summed E-state index contributed by atoms with van der Waals surface area (Å²) >= 11 is 0. The molecule has 2 aromatic heterocycles. The summed E-state index contributed by atoms with van der Waals surface area (Å²) in [5.41, 5.74) is 1.93. The van der Waals surface area contributed by atoms with Gasteiger partial charge in [-0.3, -0.25) is 14.2 Å². The number of benzene rings is 1. The van der Waals surface area contributed by atoms with E-state index in [1.807, 2.05) is 24.3 Å². The fraction of sp³-hybridized carbons (Fsp3) is 0.235. The highest BCUT2D eigenvalue weighted by molar-refractivity contribution is 5.95. The Bertz CT molecular complexity index is 891. The normalized spacial score (nSPS) is 10.9. The molecule has 1 amide bonds. The molecule has 0 spiro atoms. The van der Waals surface area contributed by atoms with Crippen LogP contribution in [-0.2, 0) is 6.54 Å². The third-order valence-electron chi connectivity index (χ3n) is 3.80. The van der Waals surface area contributed by atoms with Crippen LogP contribution in [0.2, 0.25) is 0 Å². The average molecular weight is 311 g/mol. The molecule has 1 aromatic carbocycles. The number of carbonyl (C=O) groups excluding carboxylic acids is 1. The first-order chi connectivity index (χ1) is 11.1. The standard InChI is InChI=1S/C17H17N3O3/c1-11-12(2)19-10-20(17(11)22)8-7-18-16(21)15-9-13-5-3-4-6-14(13)23-15/h3-6,9-10H,7-8H2,1-2H3,(H,18,21). The van der Waals surface area contributed by atoms with E-state index in [0.717, 1.165) is 11.1 Å². The van der Waals surface area contributed by atoms with Crippen LogP contribution in [-0.4, -0.2) is 22.0 Å². The Morgan fingerprint density at radius 2 is 2.09 bits per heavy atom. The van der Waals surface area contributed by atoms with Crippen molar-refractivity contribution >= 4 is 16.9 Å². The Morgan fingerprint density at radius 3 is 2.87 bits per heavy atom. The van der Waals surface area contributed by atoms with Crippen LogP contribution in [0.5, 0.6) is 0 Å². The number of aryl methyl sites for hydroxylation is 1. The van der Waals surface area contributed by atoms with Gasteiger partial charge in [0.2, 0.25) is 0 Å². The molecule has 118 valence electrons. The zero-order valence-electron chi connectivity index (χ0n) is 13.0. The van der Waals surface area contributed by atoms with Crippen LogP contribution in [0.3, 0.4) is 0 Å². The van der Waals surface area contributed by atoms with Gasteiger partial charge in [0.1, 0.15) is 5.58 Å². The van der Waals surface area contributed by atoms with Gasteiger partial charge < -0.3 is 9.73 Å². The molecule has 2 heterocycles. The molecule has 0 aliphatic carbocycles. The lowest BCUT2D eigenvalue weighted by Crippen LogP contribution is -2.31. The van der Waals surface area contributed by atoms with Crippen molar-refractivity contribution in [2.24, 2.45) is 0 Å². The maximum absolute atomic E-state index is 12.1. The van der Waals surface area contributed by atoms with E-state index in [0.29, 0.717) is 24.2 Å². The summed E-state index contributed by atoms with van der Waals surface area (Å²) in [7, 11) is 0. The molecular weight excluding hydrogens is 294 g/mol. The summed E-state index contributed by atoms with van der Waals surface area (Å²) in [5, 5.41) is 3.63. The molecule has 6 nitrogen and oxygen atoms in total. The lowest BCUT2D eigenvalue weighted by molar-refractivity contribution is 0.0926. The van der Waals surface area contributed by atoms with E-state index in [2.05, 4.69) is 10.3 Å². The largest absolute Gasteiger partial charge is 0.451 e. The molecule has 0 saturated heterocycles. The van der Waals surface area contributed by atoms with Crippen molar-refractivity contribution in [1.82, 2.24) is 14.9 Å². The molecule has 0 aliphatic rings. The molecule has 3 aromatic rings. The first kappa shape index (κ1) is 15.0. The summed E-state index contributed by atoms with van der Waals surface area (Å²) < 4.78 is 6.99. The van der Waals surface area contributed by atoms with Crippen molar-refractivity contribution in [3.63, 3.8) is 0 Å². The SMILES string of the molecule is Cc1ncn(CCNC(=O)c2cc3ccccc3o2)c(=O)c1C. The Hall–Kier alpha value is -2.89. The molecule has 0 bridgehead atoms. The first-order valence-electron chi connectivity index (χ1n) is 7.35. The summed E-state index contributed by atoms with van der Waals surface area (Å²) in [4.78, 5) is 28.3. The molecule has 0 unspecified atom stereocenters. The van der Waals surface area contributed by atoms with E-state index in [4.69, 9.17) is 4.42 Å². The molecule has 0 radical (unpaired) electrons. The van der Waals surface area contributed by atoms with Crippen molar-refractivity contribution in [1.29, 1.82) is 0 Å². The van der Waals surface area contributed by atoms with E-state index in [1.165, 1.54) is 10.9 Å². The molecule has 23 heavy (non-hydrogen) atoms. The predicted octanol–water partition coefficient (Wildman–Crippen LogP) is 2.04. The van der Waals surface area contributed by atoms with Crippen LogP contribution >= 0.6 is 0 Å². The van der Waals surface area contributed by atoms with E-state index >= 15 is 0 Å². The summed E-state index contributed by atoms with van der Waals surface area (Å²) in [5.74, 6) is -0.0391.